The van der Waals surface area contributed by atoms with Crippen molar-refractivity contribution in [3.05, 3.63) is 58.1 Å². The number of hydrogen-bond acceptors (Lipinski definition) is 3. The van der Waals surface area contributed by atoms with Gasteiger partial charge < -0.3 is 14.8 Å². The second kappa shape index (κ2) is 8.64. The van der Waals surface area contributed by atoms with Crippen LogP contribution in [-0.2, 0) is 24.3 Å². The SMILES string of the molecule is CCc1cc2c(cc3n2CC(C)(C(=O)NC2CCCCC2)N(Cc2ccccc2C)C3=O)s1. The topological polar surface area (TPSA) is 54.3 Å². The highest BCUT2D eigenvalue weighted by Crippen LogP contribution is 2.37. The maximum Gasteiger partial charge on any atom is 0.271 e. The van der Waals surface area contributed by atoms with Crippen LogP contribution in [0.3, 0.4) is 0 Å². The number of aromatic nitrogens is 1. The van der Waals surface area contributed by atoms with Crippen molar-refractivity contribution in [1.82, 2.24) is 14.8 Å². The van der Waals surface area contributed by atoms with E-state index < -0.39 is 5.54 Å². The lowest BCUT2D eigenvalue weighted by molar-refractivity contribution is -0.134. The summed E-state index contributed by atoms with van der Waals surface area (Å²) < 4.78 is 3.21. The van der Waals surface area contributed by atoms with Crippen molar-refractivity contribution in [2.24, 2.45) is 0 Å². The van der Waals surface area contributed by atoms with Gasteiger partial charge in [0.05, 0.1) is 16.8 Å². The molecule has 2 aromatic heterocycles. The Bertz CT molecular complexity index is 1200. The standard InChI is InChI=1S/C27H33N3O2S/c1-4-21-14-22-24(33-21)15-23-25(31)30(16-19-11-9-8-10-18(19)2)27(3,17-29(22)23)26(32)28-20-12-6-5-7-13-20/h8-11,14-15,20H,4-7,12-13,16-17H2,1-3H3,(H,28,32). The minimum Gasteiger partial charge on any atom is -0.351 e. The van der Waals surface area contributed by atoms with Crippen LogP contribution in [0.1, 0.15) is 72.4 Å². The van der Waals surface area contributed by atoms with Gasteiger partial charge in [-0.3, -0.25) is 9.59 Å². The van der Waals surface area contributed by atoms with Gasteiger partial charge >= 0.3 is 0 Å². The summed E-state index contributed by atoms with van der Waals surface area (Å²) in [5, 5.41) is 3.32. The van der Waals surface area contributed by atoms with Gasteiger partial charge in [0.25, 0.3) is 5.91 Å². The largest absolute Gasteiger partial charge is 0.351 e. The average molecular weight is 464 g/mol. The molecule has 3 aromatic rings. The van der Waals surface area contributed by atoms with Crippen LogP contribution in [0, 0.1) is 6.92 Å². The van der Waals surface area contributed by atoms with Crippen LogP contribution in [-0.4, -0.2) is 32.9 Å². The van der Waals surface area contributed by atoms with Crippen molar-refractivity contribution in [1.29, 1.82) is 0 Å². The van der Waals surface area contributed by atoms with E-state index >= 15 is 0 Å². The molecule has 0 spiro atoms. The first-order valence-electron chi connectivity index (χ1n) is 12.2. The van der Waals surface area contributed by atoms with E-state index in [1.807, 2.05) is 30.0 Å². The first kappa shape index (κ1) is 22.2. The molecule has 5 rings (SSSR count). The molecule has 5 nitrogen and oxygen atoms in total. The number of hydrogen-bond donors (Lipinski definition) is 1. The molecule has 1 saturated carbocycles. The molecular weight excluding hydrogens is 430 g/mol. The van der Waals surface area contributed by atoms with Crippen LogP contribution in [0.4, 0.5) is 0 Å². The number of thiophene rings is 1. The number of rotatable bonds is 5. The summed E-state index contributed by atoms with van der Waals surface area (Å²) in [6, 6.07) is 12.5. The van der Waals surface area contributed by atoms with Gasteiger partial charge in [0.2, 0.25) is 5.91 Å². The zero-order chi connectivity index (χ0) is 23.2. The summed E-state index contributed by atoms with van der Waals surface area (Å²) in [4.78, 5) is 30.8. The summed E-state index contributed by atoms with van der Waals surface area (Å²) in [5.74, 6) is -0.0953. The Morgan fingerprint density at radius 3 is 2.67 bits per heavy atom. The predicted octanol–water partition coefficient (Wildman–Crippen LogP) is 5.44. The molecule has 3 heterocycles. The predicted molar refractivity (Wildman–Crippen MR) is 134 cm³/mol. The van der Waals surface area contributed by atoms with E-state index in [1.165, 1.54) is 11.3 Å². The molecule has 1 N–H and O–H groups in total. The molecule has 0 radical (unpaired) electrons. The van der Waals surface area contributed by atoms with Gasteiger partial charge in [-0.1, -0.05) is 50.5 Å². The van der Waals surface area contributed by atoms with Gasteiger partial charge in [0.1, 0.15) is 11.2 Å². The Hall–Kier alpha value is -2.60. The van der Waals surface area contributed by atoms with Gasteiger partial charge in [-0.25, -0.2) is 0 Å². The molecule has 1 aliphatic carbocycles. The molecular formula is C27H33N3O2S. The van der Waals surface area contributed by atoms with E-state index in [0.29, 0.717) is 18.8 Å². The number of nitrogens with one attached hydrogen (secondary N) is 1. The smallest absolute Gasteiger partial charge is 0.271 e. The van der Waals surface area contributed by atoms with Crippen LogP contribution in [0.5, 0.6) is 0 Å². The summed E-state index contributed by atoms with van der Waals surface area (Å²) in [6.45, 7) is 7.07. The number of nitrogens with zero attached hydrogens (tertiary/aromatic N) is 2. The minimum atomic E-state index is -0.954. The molecule has 0 bridgehead atoms. The Labute approximate surface area is 199 Å². The lowest BCUT2D eigenvalue weighted by Gasteiger charge is -2.45. The van der Waals surface area contributed by atoms with E-state index in [0.717, 1.165) is 53.4 Å². The second-order valence-corrected chi connectivity index (χ2v) is 11.0. The third-order valence-corrected chi connectivity index (χ3v) is 8.75. The Kier molecular flexibility index (Phi) is 5.81. The van der Waals surface area contributed by atoms with Crippen LogP contribution in [0.15, 0.2) is 36.4 Å². The molecule has 33 heavy (non-hydrogen) atoms. The molecule has 0 saturated heterocycles. The maximum absolute atomic E-state index is 13.9. The monoisotopic (exact) mass is 463 g/mol. The Balaban J connectivity index is 1.55. The average Bonchev–Trinajstić information content (AvgIpc) is 3.37. The highest BCUT2D eigenvalue weighted by atomic mass is 32.1. The normalized spacial score (nSPS) is 21.4. The Morgan fingerprint density at radius 1 is 1.18 bits per heavy atom. The Morgan fingerprint density at radius 2 is 1.94 bits per heavy atom. The molecule has 1 aromatic carbocycles. The van der Waals surface area contributed by atoms with Crippen molar-refractivity contribution >= 4 is 33.4 Å². The van der Waals surface area contributed by atoms with Gasteiger partial charge in [-0.05, 0) is 56.4 Å². The second-order valence-electron chi connectivity index (χ2n) is 9.83. The summed E-state index contributed by atoms with van der Waals surface area (Å²) in [5.41, 5.74) is 3.03. The zero-order valence-electron chi connectivity index (χ0n) is 19.8. The van der Waals surface area contributed by atoms with E-state index in [4.69, 9.17) is 0 Å². The van der Waals surface area contributed by atoms with Crippen LogP contribution in [0.2, 0.25) is 0 Å². The number of carbonyl (C=O) groups is 2. The quantitative estimate of drug-likeness (QED) is 0.548. The molecule has 1 fully saturated rings. The van der Waals surface area contributed by atoms with Crippen LogP contribution in [0.25, 0.3) is 10.2 Å². The number of amides is 2. The van der Waals surface area contributed by atoms with Gasteiger partial charge in [-0.2, -0.15) is 0 Å². The molecule has 1 atom stereocenters. The van der Waals surface area contributed by atoms with Crippen molar-refractivity contribution in [3.63, 3.8) is 0 Å². The fourth-order valence-corrected chi connectivity index (χ4v) is 6.40. The highest BCUT2D eigenvalue weighted by Gasteiger charge is 2.48. The molecule has 174 valence electrons. The van der Waals surface area contributed by atoms with Crippen LogP contribution < -0.4 is 5.32 Å². The lowest BCUT2D eigenvalue weighted by Crippen LogP contribution is -2.64. The van der Waals surface area contributed by atoms with E-state index in [9.17, 15) is 9.59 Å². The van der Waals surface area contributed by atoms with E-state index in [1.54, 1.807) is 11.3 Å². The maximum atomic E-state index is 13.9. The fourth-order valence-electron chi connectivity index (χ4n) is 5.36. The number of aryl methyl sites for hydroxylation is 2. The number of carbonyl (C=O) groups excluding carboxylic acids is 2. The van der Waals surface area contributed by atoms with E-state index in [-0.39, 0.29) is 17.9 Å². The minimum absolute atomic E-state index is 0.0326. The van der Waals surface area contributed by atoms with Gasteiger partial charge in [0, 0.05) is 17.5 Å². The van der Waals surface area contributed by atoms with Crippen molar-refractivity contribution < 1.29 is 9.59 Å². The first-order chi connectivity index (χ1) is 15.9. The molecule has 1 unspecified atom stereocenters. The highest BCUT2D eigenvalue weighted by molar-refractivity contribution is 7.19. The molecule has 2 amide bonds. The zero-order valence-corrected chi connectivity index (χ0v) is 20.6. The fraction of sp³-hybridized carbons (Fsp3) is 0.481. The first-order valence-corrected chi connectivity index (χ1v) is 13.0. The van der Waals surface area contributed by atoms with Crippen molar-refractivity contribution in [3.8, 4) is 0 Å². The molecule has 1 aliphatic heterocycles. The third kappa shape index (κ3) is 3.88. The van der Waals surface area contributed by atoms with Crippen molar-refractivity contribution in [2.45, 2.75) is 84.0 Å². The third-order valence-electron chi connectivity index (χ3n) is 7.53. The van der Waals surface area contributed by atoms with E-state index in [2.05, 4.69) is 41.9 Å². The summed E-state index contributed by atoms with van der Waals surface area (Å²) >= 11 is 1.75. The van der Waals surface area contributed by atoms with Gasteiger partial charge in [0.15, 0.2) is 0 Å². The lowest BCUT2D eigenvalue weighted by atomic mass is 9.90. The number of benzene rings is 1. The van der Waals surface area contributed by atoms with Crippen LogP contribution >= 0.6 is 11.3 Å². The summed E-state index contributed by atoms with van der Waals surface area (Å²) in [7, 11) is 0. The molecule has 2 aliphatic rings. The summed E-state index contributed by atoms with van der Waals surface area (Å²) in [6.07, 6.45) is 6.58. The number of fused-ring (bicyclic) bond motifs is 3. The molecule has 6 heteroatoms. The van der Waals surface area contributed by atoms with Gasteiger partial charge in [-0.15, -0.1) is 11.3 Å². The van der Waals surface area contributed by atoms with Crippen molar-refractivity contribution in [2.75, 3.05) is 0 Å².